The van der Waals surface area contributed by atoms with Gasteiger partial charge in [0.15, 0.2) is 0 Å². The molecule has 2 nitrogen and oxygen atoms in total. The summed E-state index contributed by atoms with van der Waals surface area (Å²) in [7, 11) is 0. The van der Waals surface area contributed by atoms with Crippen molar-refractivity contribution in [1.29, 1.82) is 0 Å². The molecule has 1 saturated carbocycles. The van der Waals surface area contributed by atoms with Crippen LogP contribution >= 0.6 is 27.3 Å². The van der Waals surface area contributed by atoms with E-state index in [1.807, 2.05) is 0 Å². The van der Waals surface area contributed by atoms with Gasteiger partial charge in [-0.2, -0.15) is 0 Å². The Morgan fingerprint density at radius 3 is 2.87 bits per heavy atom. The van der Waals surface area contributed by atoms with Crippen molar-refractivity contribution in [3.63, 3.8) is 0 Å². The summed E-state index contributed by atoms with van der Waals surface area (Å²) >= 11 is 5.27. The second-order valence-electron chi connectivity index (χ2n) is 3.96. The molecule has 4 heteroatoms. The van der Waals surface area contributed by atoms with Crippen LogP contribution in [-0.4, -0.2) is 19.1 Å². The Morgan fingerprint density at radius 2 is 2.20 bits per heavy atom. The standard InChI is InChI=1S/C11H17BrN2S/c12-11-5-4-10(15-11)8-13-6-1-7-14-9-2-3-9/h4-5,9,13-14H,1-3,6-8H2. The van der Waals surface area contributed by atoms with E-state index < -0.39 is 0 Å². The van der Waals surface area contributed by atoms with Crippen molar-refractivity contribution >= 4 is 27.3 Å². The number of rotatable bonds is 7. The Kier molecular flexibility index (Phi) is 4.62. The zero-order valence-electron chi connectivity index (χ0n) is 8.76. The topological polar surface area (TPSA) is 24.1 Å². The lowest BCUT2D eigenvalue weighted by Crippen LogP contribution is -2.22. The molecule has 1 aliphatic carbocycles. The molecule has 1 heterocycles. The lowest BCUT2D eigenvalue weighted by atomic mass is 10.4. The van der Waals surface area contributed by atoms with Crippen LogP contribution in [0.4, 0.5) is 0 Å². The summed E-state index contributed by atoms with van der Waals surface area (Å²) in [6, 6.07) is 5.12. The summed E-state index contributed by atoms with van der Waals surface area (Å²) in [5.74, 6) is 0. The molecule has 0 spiro atoms. The first kappa shape index (κ1) is 11.6. The average Bonchev–Trinajstić information content (AvgIpc) is 2.95. The lowest BCUT2D eigenvalue weighted by molar-refractivity contribution is 0.595. The van der Waals surface area contributed by atoms with E-state index in [4.69, 9.17) is 0 Å². The predicted molar refractivity (Wildman–Crippen MR) is 69.4 cm³/mol. The van der Waals surface area contributed by atoms with Gasteiger partial charge in [0, 0.05) is 17.5 Å². The van der Waals surface area contributed by atoms with Gasteiger partial charge in [0.05, 0.1) is 3.79 Å². The van der Waals surface area contributed by atoms with Crippen molar-refractivity contribution in [2.45, 2.75) is 31.8 Å². The van der Waals surface area contributed by atoms with E-state index in [2.05, 4.69) is 38.7 Å². The molecule has 2 rings (SSSR count). The fourth-order valence-electron chi connectivity index (χ4n) is 1.47. The zero-order valence-corrected chi connectivity index (χ0v) is 11.2. The van der Waals surface area contributed by atoms with Gasteiger partial charge in [-0.05, 0) is 60.4 Å². The van der Waals surface area contributed by atoms with Gasteiger partial charge in [0.1, 0.15) is 0 Å². The highest BCUT2D eigenvalue weighted by Gasteiger charge is 2.19. The summed E-state index contributed by atoms with van der Waals surface area (Å²) in [5, 5.41) is 6.97. The summed E-state index contributed by atoms with van der Waals surface area (Å²) < 4.78 is 1.22. The van der Waals surface area contributed by atoms with Crippen LogP contribution < -0.4 is 10.6 Å². The first-order valence-electron chi connectivity index (χ1n) is 5.53. The van der Waals surface area contributed by atoms with E-state index in [-0.39, 0.29) is 0 Å². The van der Waals surface area contributed by atoms with Gasteiger partial charge < -0.3 is 10.6 Å². The molecule has 15 heavy (non-hydrogen) atoms. The molecule has 0 aromatic carbocycles. The molecule has 0 radical (unpaired) electrons. The van der Waals surface area contributed by atoms with Gasteiger partial charge in [-0.25, -0.2) is 0 Å². The predicted octanol–water partition coefficient (Wildman–Crippen LogP) is 2.74. The Hall–Kier alpha value is 0.1000. The first-order chi connectivity index (χ1) is 7.34. The highest BCUT2D eigenvalue weighted by atomic mass is 79.9. The quantitative estimate of drug-likeness (QED) is 0.754. The maximum absolute atomic E-state index is 3.51. The maximum atomic E-state index is 3.51. The molecular formula is C11H17BrN2S. The van der Waals surface area contributed by atoms with Crippen LogP contribution in [0.15, 0.2) is 15.9 Å². The van der Waals surface area contributed by atoms with Gasteiger partial charge >= 0.3 is 0 Å². The van der Waals surface area contributed by atoms with Gasteiger partial charge in [-0.3, -0.25) is 0 Å². The third-order valence-corrected chi connectivity index (χ3v) is 4.09. The monoisotopic (exact) mass is 288 g/mol. The van der Waals surface area contributed by atoms with Crippen LogP contribution in [0.5, 0.6) is 0 Å². The Morgan fingerprint density at radius 1 is 1.33 bits per heavy atom. The maximum Gasteiger partial charge on any atom is 0.0701 e. The number of nitrogens with one attached hydrogen (secondary N) is 2. The summed E-state index contributed by atoms with van der Waals surface area (Å²) in [4.78, 5) is 1.40. The summed E-state index contributed by atoms with van der Waals surface area (Å²) in [5.41, 5.74) is 0. The third-order valence-electron chi connectivity index (χ3n) is 2.47. The Labute approximate surface area is 104 Å². The molecule has 0 saturated heterocycles. The largest absolute Gasteiger partial charge is 0.314 e. The molecule has 0 atom stereocenters. The lowest BCUT2D eigenvalue weighted by Gasteiger charge is -2.03. The molecule has 1 aromatic rings. The molecule has 0 bridgehead atoms. The van der Waals surface area contributed by atoms with Crippen LogP contribution in [0.1, 0.15) is 24.1 Å². The third kappa shape index (κ3) is 4.64. The Bertz CT molecular complexity index is 297. The second kappa shape index (κ2) is 5.99. The first-order valence-corrected chi connectivity index (χ1v) is 7.14. The van der Waals surface area contributed by atoms with Crippen molar-refractivity contribution in [1.82, 2.24) is 10.6 Å². The van der Waals surface area contributed by atoms with Gasteiger partial charge in [0.2, 0.25) is 0 Å². The fraction of sp³-hybridized carbons (Fsp3) is 0.636. The minimum absolute atomic E-state index is 0.846. The van der Waals surface area contributed by atoms with E-state index in [0.717, 1.165) is 25.7 Å². The van der Waals surface area contributed by atoms with E-state index >= 15 is 0 Å². The number of hydrogen-bond donors (Lipinski definition) is 2. The summed E-state index contributed by atoms with van der Waals surface area (Å²) in [6.45, 7) is 3.26. The van der Waals surface area contributed by atoms with Crippen molar-refractivity contribution < 1.29 is 0 Å². The second-order valence-corrected chi connectivity index (χ2v) is 6.51. The minimum atomic E-state index is 0.846. The Balaban J connectivity index is 1.47. The van der Waals surface area contributed by atoms with Gasteiger partial charge in [-0.15, -0.1) is 11.3 Å². The van der Waals surface area contributed by atoms with Crippen LogP contribution in [0.2, 0.25) is 0 Å². The molecule has 2 N–H and O–H groups in total. The van der Waals surface area contributed by atoms with Crippen LogP contribution in [-0.2, 0) is 6.54 Å². The van der Waals surface area contributed by atoms with Gasteiger partial charge in [-0.1, -0.05) is 0 Å². The number of thiophene rings is 1. The van der Waals surface area contributed by atoms with Crippen LogP contribution in [0.25, 0.3) is 0 Å². The average molecular weight is 289 g/mol. The van der Waals surface area contributed by atoms with Crippen molar-refractivity contribution in [2.24, 2.45) is 0 Å². The molecule has 0 amide bonds. The fourth-order valence-corrected chi connectivity index (χ4v) is 2.92. The summed E-state index contributed by atoms with van der Waals surface area (Å²) in [6.07, 6.45) is 4.00. The van der Waals surface area contributed by atoms with Crippen molar-refractivity contribution in [3.05, 3.63) is 20.8 Å². The highest BCUT2D eigenvalue weighted by Crippen LogP contribution is 2.21. The molecule has 0 aliphatic heterocycles. The number of halogens is 1. The van der Waals surface area contributed by atoms with Gasteiger partial charge in [0.25, 0.3) is 0 Å². The normalized spacial score (nSPS) is 15.8. The number of hydrogen-bond acceptors (Lipinski definition) is 3. The van der Waals surface area contributed by atoms with E-state index in [0.29, 0.717) is 0 Å². The van der Waals surface area contributed by atoms with Crippen LogP contribution in [0.3, 0.4) is 0 Å². The van der Waals surface area contributed by atoms with E-state index in [9.17, 15) is 0 Å². The molecule has 1 aromatic heterocycles. The van der Waals surface area contributed by atoms with E-state index in [1.54, 1.807) is 11.3 Å². The highest BCUT2D eigenvalue weighted by molar-refractivity contribution is 9.11. The molecule has 84 valence electrons. The van der Waals surface area contributed by atoms with E-state index in [1.165, 1.54) is 27.9 Å². The minimum Gasteiger partial charge on any atom is -0.314 e. The smallest absolute Gasteiger partial charge is 0.0701 e. The molecular weight excluding hydrogens is 272 g/mol. The zero-order chi connectivity index (χ0) is 10.5. The van der Waals surface area contributed by atoms with Crippen molar-refractivity contribution in [2.75, 3.05) is 13.1 Å². The molecule has 1 fully saturated rings. The molecule has 1 aliphatic rings. The van der Waals surface area contributed by atoms with Crippen LogP contribution in [0, 0.1) is 0 Å². The van der Waals surface area contributed by atoms with Crippen molar-refractivity contribution in [3.8, 4) is 0 Å². The molecule has 0 unspecified atom stereocenters. The SMILES string of the molecule is Brc1ccc(CNCCCNC2CC2)s1.